The monoisotopic (exact) mass is 764 g/mol. The van der Waals surface area contributed by atoms with Gasteiger partial charge in [0.1, 0.15) is 23.2 Å². The lowest BCUT2D eigenvalue weighted by Crippen LogP contribution is -2.52. The van der Waals surface area contributed by atoms with E-state index in [1.807, 2.05) is 18.2 Å². The quantitative estimate of drug-likeness (QED) is 0.150. The third-order valence-electron chi connectivity index (χ3n) is 15.1. The fraction of sp³-hybridized carbons (Fsp3) is 0.633. The summed E-state index contributed by atoms with van der Waals surface area (Å²) >= 11 is 0. The molecule has 2 heterocycles. The number of allylic oxidation sites excluding steroid dienone is 1. The molecule has 0 bridgehead atoms. The van der Waals surface area contributed by atoms with Gasteiger partial charge in [-0.05, 0) is 134 Å². The lowest BCUT2D eigenvalue weighted by atomic mass is 9.44. The third kappa shape index (κ3) is 7.65. The SMILES string of the molecule is Cc1oc2cc(OCC(=O)O[C@@H]3CC[C@]4(C)C(=CC[C@H]5[C@H]6CC[C@@H]([C@@H](C)CCCC(C)C)C[C@]6(C)CC[C@@H]54)C3)ccc2c(=O)c1-c1ccc2c(c1)OCCCO2. The predicted molar refractivity (Wildman–Crippen MR) is 221 cm³/mol. The van der Waals surface area contributed by atoms with Crippen LogP contribution in [0.5, 0.6) is 17.2 Å². The van der Waals surface area contributed by atoms with E-state index in [0.717, 1.165) is 61.2 Å². The van der Waals surface area contributed by atoms with E-state index in [1.54, 1.807) is 25.1 Å². The third-order valence-corrected chi connectivity index (χ3v) is 15.1. The van der Waals surface area contributed by atoms with Gasteiger partial charge in [-0.1, -0.05) is 71.6 Å². The summed E-state index contributed by atoms with van der Waals surface area (Å²) in [5.41, 5.74) is 3.69. The first-order valence-electron chi connectivity index (χ1n) is 21.9. The van der Waals surface area contributed by atoms with Gasteiger partial charge in [-0.25, -0.2) is 4.79 Å². The number of carbonyl (C=O) groups is 1. The van der Waals surface area contributed by atoms with Crippen molar-refractivity contribution >= 4 is 16.9 Å². The van der Waals surface area contributed by atoms with Crippen LogP contribution < -0.4 is 19.6 Å². The molecule has 1 aliphatic heterocycles. The number of benzene rings is 2. The van der Waals surface area contributed by atoms with E-state index in [0.29, 0.717) is 63.7 Å². The number of fused-ring (bicyclic) bond motifs is 7. The molecule has 2 aromatic carbocycles. The van der Waals surface area contributed by atoms with Crippen LogP contribution >= 0.6 is 0 Å². The molecule has 7 nitrogen and oxygen atoms in total. The summed E-state index contributed by atoms with van der Waals surface area (Å²) in [5, 5.41) is 0.443. The molecule has 7 heteroatoms. The van der Waals surface area contributed by atoms with E-state index in [2.05, 4.69) is 40.7 Å². The first-order chi connectivity index (χ1) is 26.9. The van der Waals surface area contributed by atoms with E-state index in [1.165, 1.54) is 63.4 Å². The van der Waals surface area contributed by atoms with Crippen molar-refractivity contribution in [3.63, 3.8) is 0 Å². The first kappa shape index (κ1) is 39.1. The van der Waals surface area contributed by atoms with Crippen LogP contribution in [0, 0.1) is 53.3 Å². The molecule has 56 heavy (non-hydrogen) atoms. The number of hydrogen-bond acceptors (Lipinski definition) is 7. The average molecular weight is 765 g/mol. The van der Waals surface area contributed by atoms with Crippen molar-refractivity contribution in [2.75, 3.05) is 19.8 Å². The van der Waals surface area contributed by atoms with Crippen molar-refractivity contribution in [2.24, 2.45) is 46.3 Å². The Morgan fingerprint density at radius 1 is 0.929 bits per heavy atom. The van der Waals surface area contributed by atoms with E-state index < -0.39 is 0 Å². The molecule has 0 spiro atoms. The number of hydrogen-bond donors (Lipinski definition) is 0. The van der Waals surface area contributed by atoms with E-state index in [-0.39, 0.29) is 29.5 Å². The summed E-state index contributed by atoms with van der Waals surface area (Å²) in [6.07, 6.45) is 18.3. The standard InChI is InChI=1S/C49H64O7/c1-30(2)9-7-10-31(3)34-11-17-40-38-15-13-35-26-37(19-22-49(35,6)41(38)20-21-48(40,5)28-34)56-45(50)29-54-36-14-16-39-43(27-36)55-32(4)46(47(39)51)33-12-18-42-44(25-33)53-24-8-23-52-42/h12-14,16,18,25,27,30-31,34,37-38,40-41H,7-11,15,17,19-24,26,28-29H2,1-6H3/t31-,34+,37+,38-,40+,41-,48-,49+/m0/s1. The summed E-state index contributed by atoms with van der Waals surface area (Å²) in [5.74, 6) is 6.79. The topological polar surface area (TPSA) is 84.2 Å². The number of aryl methyl sites for hydroxylation is 1. The highest BCUT2D eigenvalue weighted by molar-refractivity contribution is 5.84. The molecule has 1 aromatic heterocycles. The fourth-order valence-corrected chi connectivity index (χ4v) is 12.0. The second-order valence-electron chi connectivity index (χ2n) is 19.2. The minimum Gasteiger partial charge on any atom is -0.490 e. The predicted octanol–water partition coefficient (Wildman–Crippen LogP) is 11.7. The van der Waals surface area contributed by atoms with Crippen LogP contribution in [0.25, 0.3) is 22.1 Å². The highest BCUT2D eigenvalue weighted by atomic mass is 16.6. The molecule has 8 atom stereocenters. The van der Waals surface area contributed by atoms with Crippen molar-refractivity contribution in [1.29, 1.82) is 0 Å². The normalized spacial score (nSPS) is 30.3. The molecule has 3 fully saturated rings. The Morgan fingerprint density at radius 3 is 2.57 bits per heavy atom. The molecular formula is C49H64O7. The second kappa shape index (κ2) is 15.9. The van der Waals surface area contributed by atoms with E-state index in [4.69, 9.17) is 23.4 Å². The van der Waals surface area contributed by atoms with E-state index in [9.17, 15) is 9.59 Å². The Labute approximate surface area is 333 Å². The molecular weight excluding hydrogens is 701 g/mol. The van der Waals surface area contributed by atoms with Gasteiger partial charge in [-0.3, -0.25) is 4.79 Å². The average Bonchev–Trinajstić information content (AvgIpc) is 3.41. The van der Waals surface area contributed by atoms with Crippen LogP contribution in [0.3, 0.4) is 0 Å². The van der Waals surface area contributed by atoms with Gasteiger partial charge in [0, 0.05) is 18.9 Å². The van der Waals surface area contributed by atoms with Gasteiger partial charge in [-0.15, -0.1) is 0 Å². The van der Waals surface area contributed by atoms with Gasteiger partial charge in [0.25, 0.3) is 0 Å². The molecule has 8 rings (SSSR count). The molecule has 0 radical (unpaired) electrons. The van der Waals surface area contributed by atoms with Crippen LogP contribution in [0.4, 0.5) is 0 Å². The van der Waals surface area contributed by atoms with Gasteiger partial charge >= 0.3 is 5.97 Å². The molecule has 0 amide bonds. The minimum atomic E-state index is -0.362. The second-order valence-corrected chi connectivity index (χ2v) is 19.2. The largest absolute Gasteiger partial charge is 0.490 e. The zero-order valence-electron chi connectivity index (χ0n) is 34.8. The molecule has 3 saturated carbocycles. The maximum atomic E-state index is 13.7. The minimum absolute atomic E-state index is 0.121. The van der Waals surface area contributed by atoms with Gasteiger partial charge < -0.3 is 23.4 Å². The van der Waals surface area contributed by atoms with Crippen LogP contribution in [0.15, 0.2) is 57.3 Å². The fourth-order valence-electron chi connectivity index (χ4n) is 12.0. The smallest absolute Gasteiger partial charge is 0.344 e. The van der Waals surface area contributed by atoms with Gasteiger partial charge in [0.05, 0.1) is 24.2 Å². The Balaban J connectivity index is 0.867. The zero-order chi connectivity index (χ0) is 39.2. The van der Waals surface area contributed by atoms with Crippen LogP contribution in [0.1, 0.15) is 124 Å². The maximum absolute atomic E-state index is 13.7. The van der Waals surface area contributed by atoms with Crippen molar-refractivity contribution in [3.8, 4) is 28.4 Å². The van der Waals surface area contributed by atoms with Crippen LogP contribution in [-0.4, -0.2) is 31.9 Å². The summed E-state index contributed by atoms with van der Waals surface area (Å²) in [6.45, 7) is 15.2. The lowest BCUT2D eigenvalue weighted by Gasteiger charge is -2.61. The molecule has 0 N–H and O–H groups in total. The Bertz CT molecular complexity index is 2010. The van der Waals surface area contributed by atoms with E-state index >= 15 is 0 Å². The van der Waals surface area contributed by atoms with Crippen LogP contribution in [0.2, 0.25) is 0 Å². The molecule has 302 valence electrons. The zero-order valence-corrected chi connectivity index (χ0v) is 34.8. The summed E-state index contributed by atoms with van der Waals surface area (Å²) in [4.78, 5) is 26.8. The van der Waals surface area contributed by atoms with Crippen molar-refractivity contribution < 1.29 is 28.2 Å². The van der Waals surface area contributed by atoms with Crippen molar-refractivity contribution in [1.82, 2.24) is 0 Å². The Kier molecular flexibility index (Phi) is 11.1. The van der Waals surface area contributed by atoms with Gasteiger partial charge in [-0.2, -0.15) is 0 Å². The molecule has 3 aromatic rings. The van der Waals surface area contributed by atoms with Gasteiger partial charge in [0.2, 0.25) is 5.43 Å². The lowest BCUT2D eigenvalue weighted by molar-refractivity contribution is -0.154. The van der Waals surface area contributed by atoms with Crippen LogP contribution in [-0.2, 0) is 9.53 Å². The van der Waals surface area contributed by atoms with Gasteiger partial charge in [0.15, 0.2) is 18.1 Å². The number of ether oxygens (including phenoxy) is 4. The summed E-state index contributed by atoms with van der Waals surface area (Å²) in [6, 6.07) is 10.6. The highest BCUT2D eigenvalue weighted by Gasteiger charge is 2.56. The summed E-state index contributed by atoms with van der Waals surface area (Å²) in [7, 11) is 0. The maximum Gasteiger partial charge on any atom is 0.344 e. The summed E-state index contributed by atoms with van der Waals surface area (Å²) < 4.78 is 29.8. The van der Waals surface area contributed by atoms with Crippen molar-refractivity contribution in [3.05, 3.63) is 64.0 Å². The number of esters is 1. The highest BCUT2D eigenvalue weighted by Crippen LogP contribution is 2.65. The molecule has 0 saturated heterocycles. The molecule has 0 unspecified atom stereocenters. The Morgan fingerprint density at radius 2 is 1.75 bits per heavy atom. The van der Waals surface area contributed by atoms with Crippen molar-refractivity contribution in [2.45, 2.75) is 131 Å². The number of rotatable bonds is 10. The molecule has 4 aliphatic carbocycles. The Hall–Kier alpha value is -3.74. The number of carbonyl (C=O) groups excluding carboxylic acids is 1. The molecule has 5 aliphatic rings. The first-order valence-corrected chi connectivity index (χ1v) is 21.9.